The topological polar surface area (TPSA) is 138 Å². The van der Waals surface area contributed by atoms with Crippen LogP contribution < -0.4 is 25.8 Å². The molecule has 0 aliphatic heterocycles. The van der Waals surface area contributed by atoms with Crippen molar-refractivity contribution in [3.63, 3.8) is 0 Å². The molecule has 1 aromatic heterocycles. The molecule has 192 valence electrons. The number of benzene rings is 2. The van der Waals surface area contributed by atoms with Crippen molar-refractivity contribution in [2.75, 3.05) is 41.4 Å². The van der Waals surface area contributed by atoms with E-state index in [1.165, 1.54) is 11.9 Å². The zero-order valence-electron chi connectivity index (χ0n) is 21.1. The minimum Gasteiger partial charge on any atom is -0.482 e. The van der Waals surface area contributed by atoms with E-state index in [1.54, 1.807) is 43.3 Å². The summed E-state index contributed by atoms with van der Waals surface area (Å²) in [5.74, 6) is 0.346. The molecule has 3 rings (SSSR count). The highest BCUT2D eigenvalue weighted by Crippen LogP contribution is 2.34. The summed E-state index contributed by atoms with van der Waals surface area (Å²) in [6.07, 6.45) is 0. The van der Waals surface area contributed by atoms with E-state index >= 15 is 0 Å². The van der Waals surface area contributed by atoms with Gasteiger partial charge in [0.05, 0.1) is 23.7 Å². The maximum atomic E-state index is 12.7. The van der Waals surface area contributed by atoms with Gasteiger partial charge in [0.15, 0.2) is 6.61 Å². The van der Waals surface area contributed by atoms with E-state index in [4.69, 9.17) is 20.9 Å². The van der Waals surface area contributed by atoms with Crippen molar-refractivity contribution in [1.82, 2.24) is 9.78 Å². The first-order chi connectivity index (χ1) is 17.0. The van der Waals surface area contributed by atoms with Gasteiger partial charge in [-0.15, -0.1) is 0 Å². The minimum absolute atomic E-state index is 0.178. The Morgan fingerprint density at radius 1 is 1.11 bits per heavy atom. The van der Waals surface area contributed by atoms with Crippen molar-refractivity contribution < 1.29 is 19.1 Å². The van der Waals surface area contributed by atoms with Crippen molar-refractivity contribution in [3.8, 4) is 5.75 Å². The van der Waals surface area contributed by atoms with Crippen molar-refractivity contribution >= 4 is 46.8 Å². The van der Waals surface area contributed by atoms with E-state index in [-0.39, 0.29) is 17.8 Å². The molecular weight excluding hydrogens is 480 g/mol. The van der Waals surface area contributed by atoms with Gasteiger partial charge in [-0.1, -0.05) is 20.8 Å². The lowest BCUT2D eigenvalue weighted by atomic mass is 9.92. The monoisotopic (exact) mass is 512 g/mol. The van der Waals surface area contributed by atoms with Crippen LogP contribution in [-0.2, 0) is 14.9 Å². The van der Waals surface area contributed by atoms with Crippen molar-refractivity contribution in [2.45, 2.75) is 38.0 Å². The van der Waals surface area contributed by atoms with Gasteiger partial charge in [0.2, 0.25) is 0 Å². The van der Waals surface area contributed by atoms with E-state index in [0.29, 0.717) is 23.7 Å². The molecule has 2 aromatic carbocycles. The predicted octanol–water partition coefficient (Wildman–Crippen LogP) is 4.51. The number of nitrogens with two attached hydrogens (primary N) is 2. The fourth-order valence-corrected chi connectivity index (χ4v) is 3.97. The average Bonchev–Trinajstić information content (AvgIpc) is 3.22. The lowest BCUT2D eigenvalue weighted by molar-refractivity contribution is -0.145. The Labute approximate surface area is 215 Å². The molecule has 0 fully saturated rings. The number of nitrogens with one attached hydrogen (secondary N) is 1. The summed E-state index contributed by atoms with van der Waals surface area (Å²) in [6, 6.07) is 13.8. The number of hydrogen-bond acceptors (Lipinski definition) is 9. The predicted molar refractivity (Wildman–Crippen MR) is 143 cm³/mol. The SMILES string of the molecule is CCOC(=O)COc1ccc(N)c(N(C)Sc2ccc(NC(=O)n3nc(C(C)(C)C)cc3N)cc2)c1. The van der Waals surface area contributed by atoms with Crippen LogP contribution in [0.1, 0.15) is 33.4 Å². The Hall–Kier alpha value is -3.86. The van der Waals surface area contributed by atoms with E-state index in [1.807, 2.05) is 44.3 Å². The van der Waals surface area contributed by atoms with Gasteiger partial charge >= 0.3 is 12.0 Å². The maximum Gasteiger partial charge on any atom is 0.348 e. The summed E-state index contributed by atoms with van der Waals surface area (Å²) in [4.78, 5) is 25.1. The largest absolute Gasteiger partial charge is 0.482 e. The first-order valence-corrected chi connectivity index (χ1v) is 12.1. The number of rotatable bonds is 8. The van der Waals surface area contributed by atoms with Gasteiger partial charge in [-0.05, 0) is 55.3 Å². The molecule has 36 heavy (non-hydrogen) atoms. The first-order valence-electron chi connectivity index (χ1n) is 11.3. The number of aromatic nitrogens is 2. The number of carbonyl (C=O) groups is 2. The summed E-state index contributed by atoms with van der Waals surface area (Å²) >= 11 is 1.44. The first kappa shape index (κ1) is 26.7. The number of nitrogen functional groups attached to an aromatic ring is 2. The molecule has 0 radical (unpaired) electrons. The summed E-state index contributed by atoms with van der Waals surface area (Å²) in [7, 11) is 1.87. The van der Waals surface area contributed by atoms with Gasteiger partial charge in [0.25, 0.3) is 0 Å². The number of nitrogens with zero attached hydrogens (tertiary/aromatic N) is 3. The molecule has 1 heterocycles. The minimum atomic E-state index is -0.437. The molecule has 5 N–H and O–H groups in total. The molecule has 10 nitrogen and oxygen atoms in total. The molecule has 0 aliphatic carbocycles. The molecule has 0 aliphatic rings. The van der Waals surface area contributed by atoms with Crippen LogP contribution in [0.2, 0.25) is 0 Å². The van der Waals surface area contributed by atoms with Gasteiger partial charge in [0, 0.05) is 35.2 Å². The maximum absolute atomic E-state index is 12.7. The third kappa shape index (κ3) is 6.85. The van der Waals surface area contributed by atoms with Gasteiger partial charge < -0.3 is 30.6 Å². The van der Waals surface area contributed by atoms with Gasteiger partial charge in [-0.25, -0.2) is 9.59 Å². The van der Waals surface area contributed by atoms with Crippen LogP contribution in [0, 0.1) is 0 Å². The van der Waals surface area contributed by atoms with Crippen LogP contribution in [0.15, 0.2) is 53.4 Å². The molecule has 0 unspecified atom stereocenters. The molecule has 0 atom stereocenters. The summed E-state index contributed by atoms with van der Waals surface area (Å²) in [5.41, 5.74) is 14.5. The number of ether oxygens (including phenoxy) is 2. The van der Waals surface area contributed by atoms with Crippen LogP contribution >= 0.6 is 11.9 Å². The molecule has 11 heteroatoms. The Balaban J connectivity index is 1.63. The van der Waals surface area contributed by atoms with Crippen LogP contribution in [0.3, 0.4) is 0 Å². The molecule has 3 aromatic rings. The normalized spacial score (nSPS) is 11.1. The van der Waals surface area contributed by atoms with Crippen molar-refractivity contribution in [3.05, 3.63) is 54.2 Å². The number of esters is 1. The zero-order chi connectivity index (χ0) is 26.5. The Morgan fingerprint density at radius 3 is 2.42 bits per heavy atom. The molecule has 1 amide bonds. The van der Waals surface area contributed by atoms with Crippen LogP contribution in [-0.4, -0.2) is 42.0 Å². The smallest absolute Gasteiger partial charge is 0.348 e. The second-order valence-electron chi connectivity index (χ2n) is 8.97. The highest BCUT2D eigenvalue weighted by atomic mass is 32.2. The average molecular weight is 513 g/mol. The molecule has 0 saturated heterocycles. The molecular formula is C25H32N6O4S. The van der Waals surface area contributed by atoms with Crippen LogP contribution in [0.5, 0.6) is 5.75 Å². The second-order valence-corrected chi connectivity index (χ2v) is 10.2. The summed E-state index contributed by atoms with van der Waals surface area (Å²) in [6.45, 7) is 7.87. The standard InChI is InChI=1S/C25H32N6O4S/c1-6-34-23(32)15-35-17-9-12-19(26)20(13-17)30(5)36-18-10-7-16(8-11-18)28-24(33)31-22(27)14-21(29-31)25(2,3)4/h7-14H,6,15,26-27H2,1-5H3,(H,28,33). The lowest BCUT2D eigenvalue weighted by Gasteiger charge is -2.20. The summed E-state index contributed by atoms with van der Waals surface area (Å²) < 4.78 is 13.4. The van der Waals surface area contributed by atoms with E-state index in [0.717, 1.165) is 21.0 Å². The summed E-state index contributed by atoms with van der Waals surface area (Å²) in [5, 5.41) is 7.15. The lowest BCUT2D eigenvalue weighted by Crippen LogP contribution is -2.23. The second kappa shape index (κ2) is 11.3. The third-order valence-corrected chi connectivity index (χ3v) is 6.00. The Kier molecular flexibility index (Phi) is 8.36. The van der Waals surface area contributed by atoms with Gasteiger partial charge in [-0.3, -0.25) is 0 Å². The fourth-order valence-electron chi connectivity index (χ4n) is 3.14. The number of amides is 1. The zero-order valence-corrected chi connectivity index (χ0v) is 21.9. The van der Waals surface area contributed by atoms with Crippen molar-refractivity contribution in [2.24, 2.45) is 0 Å². The Morgan fingerprint density at radius 2 is 1.81 bits per heavy atom. The number of anilines is 4. The van der Waals surface area contributed by atoms with E-state index < -0.39 is 12.0 Å². The van der Waals surface area contributed by atoms with Gasteiger partial charge in [-0.2, -0.15) is 9.78 Å². The molecule has 0 saturated carbocycles. The van der Waals surface area contributed by atoms with E-state index in [2.05, 4.69) is 10.4 Å². The molecule has 0 bridgehead atoms. The Bertz CT molecular complexity index is 1220. The highest BCUT2D eigenvalue weighted by Gasteiger charge is 2.21. The highest BCUT2D eigenvalue weighted by molar-refractivity contribution is 8.00. The number of carbonyl (C=O) groups excluding carboxylic acids is 2. The van der Waals surface area contributed by atoms with Gasteiger partial charge in [0.1, 0.15) is 11.6 Å². The fraction of sp³-hybridized carbons (Fsp3) is 0.320. The van der Waals surface area contributed by atoms with E-state index in [9.17, 15) is 9.59 Å². The van der Waals surface area contributed by atoms with Crippen molar-refractivity contribution in [1.29, 1.82) is 0 Å². The number of hydrogen-bond donors (Lipinski definition) is 3. The van der Waals surface area contributed by atoms with Crippen LogP contribution in [0.4, 0.5) is 27.7 Å². The quantitative estimate of drug-likeness (QED) is 0.226. The molecule has 0 spiro atoms. The van der Waals surface area contributed by atoms with Crippen LogP contribution in [0.25, 0.3) is 0 Å². The third-order valence-electron chi connectivity index (χ3n) is 5.05.